The van der Waals surface area contributed by atoms with E-state index >= 15 is 0 Å². The third-order valence-corrected chi connectivity index (χ3v) is 5.77. The fourth-order valence-electron chi connectivity index (χ4n) is 3.18. The van der Waals surface area contributed by atoms with Crippen molar-refractivity contribution in [3.05, 3.63) is 74.5 Å². The molecule has 0 bridgehead atoms. The molecule has 0 unspecified atom stereocenters. The Morgan fingerprint density at radius 1 is 1.04 bits per heavy atom. The lowest BCUT2D eigenvalue weighted by molar-refractivity contribution is 0.866. The second-order valence-electron chi connectivity index (χ2n) is 6.68. The van der Waals surface area contributed by atoms with Crippen molar-refractivity contribution in [2.45, 2.75) is 20.8 Å². The zero-order valence-electron chi connectivity index (χ0n) is 16.2. The first kappa shape index (κ1) is 18.4. The molecule has 0 fully saturated rings. The predicted molar refractivity (Wildman–Crippen MR) is 116 cm³/mol. The fraction of sp³-hybridized carbons (Fsp3) is 0.227. The van der Waals surface area contributed by atoms with E-state index in [-0.39, 0.29) is 5.56 Å². The topological polar surface area (TPSA) is 50.5 Å². The largest absolute Gasteiger partial charge is 0.372 e. The van der Waals surface area contributed by atoms with Crippen molar-refractivity contribution < 1.29 is 0 Å². The van der Waals surface area contributed by atoms with E-state index in [4.69, 9.17) is 0 Å². The van der Waals surface area contributed by atoms with E-state index in [0.717, 1.165) is 24.2 Å². The number of aromatic nitrogens is 3. The highest BCUT2D eigenvalue weighted by Gasteiger charge is 2.12. The second-order valence-corrected chi connectivity index (χ2v) is 7.68. The summed E-state index contributed by atoms with van der Waals surface area (Å²) in [5.41, 5.74) is 4.15. The van der Waals surface area contributed by atoms with Gasteiger partial charge in [0.25, 0.3) is 5.56 Å². The molecule has 0 aliphatic rings. The van der Waals surface area contributed by atoms with Crippen LogP contribution in [0.25, 0.3) is 22.4 Å². The number of hydrogen-bond donors (Lipinski definition) is 0. The molecular formula is C22H22N4OS. The molecule has 0 spiro atoms. The molecule has 0 aliphatic heterocycles. The SMILES string of the molecule is CCN(CC)c1ccc(C=c2sc3nc(-c4ccc(C)cc4)nn3c2=O)cc1. The molecule has 0 radical (unpaired) electrons. The zero-order chi connectivity index (χ0) is 19.7. The molecule has 2 aromatic carbocycles. The Balaban J connectivity index is 1.68. The summed E-state index contributed by atoms with van der Waals surface area (Å²) in [5, 5.41) is 4.41. The minimum absolute atomic E-state index is 0.126. The standard InChI is InChI=1S/C22H22N4OS/c1-4-25(5-2)18-12-8-16(9-13-18)14-19-21(27)26-22(28-19)23-20(24-26)17-10-6-15(3)7-11-17/h6-14H,4-5H2,1-3H3. The Hall–Kier alpha value is -2.99. The summed E-state index contributed by atoms with van der Waals surface area (Å²) in [6.45, 7) is 8.28. The second kappa shape index (κ2) is 7.56. The molecule has 2 heterocycles. The summed E-state index contributed by atoms with van der Waals surface area (Å²) < 4.78 is 2.04. The van der Waals surface area contributed by atoms with E-state index in [1.165, 1.54) is 27.1 Å². The number of aryl methyl sites for hydroxylation is 1. The lowest BCUT2D eigenvalue weighted by Gasteiger charge is -2.20. The van der Waals surface area contributed by atoms with Gasteiger partial charge in [-0.2, -0.15) is 9.50 Å². The van der Waals surface area contributed by atoms with Gasteiger partial charge in [-0.15, -0.1) is 5.10 Å². The van der Waals surface area contributed by atoms with Gasteiger partial charge in [0.1, 0.15) is 0 Å². The molecule has 4 rings (SSSR count). The van der Waals surface area contributed by atoms with Crippen LogP contribution in [0.1, 0.15) is 25.0 Å². The van der Waals surface area contributed by atoms with E-state index in [1.807, 2.05) is 49.4 Å². The summed E-state index contributed by atoms with van der Waals surface area (Å²) >= 11 is 1.37. The van der Waals surface area contributed by atoms with Crippen molar-refractivity contribution >= 4 is 28.1 Å². The first-order chi connectivity index (χ1) is 13.6. The van der Waals surface area contributed by atoms with Crippen LogP contribution in [0.2, 0.25) is 0 Å². The first-order valence-corrected chi connectivity index (χ1v) is 10.2. The molecule has 0 saturated heterocycles. The summed E-state index contributed by atoms with van der Waals surface area (Å²) in [6.07, 6.45) is 1.90. The van der Waals surface area contributed by atoms with E-state index in [0.29, 0.717) is 15.3 Å². The predicted octanol–water partition coefficient (Wildman–Crippen LogP) is 3.52. The van der Waals surface area contributed by atoms with Crippen LogP contribution in [-0.2, 0) is 0 Å². The van der Waals surface area contributed by atoms with Gasteiger partial charge in [-0.25, -0.2) is 0 Å². The van der Waals surface area contributed by atoms with Gasteiger partial charge >= 0.3 is 0 Å². The molecule has 0 atom stereocenters. The van der Waals surface area contributed by atoms with Gasteiger partial charge in [0.15, 0.2) is 5.82 Å². The maximum absolute atomic E-state index is 12.7. The van der Waals surface area contributed by atoms with Crippen LogP contribution in [0, 0.1) is 6.92 Å². The van der Waals surface area contributed by atoms with Crippen LogP contribution >= 0.6 is 11.3 Å². The number of nitrogens with zero attached hydrogens (tertiary/aromatic N) is 4. The average Bonchev–Trinajstić information content (AvgIpc) is 3.24. The number of rotatable bonds is 5. The van der Waals surface area contributed by atoms with Crippen LogP contribution in [0.3, 0.4) is 0 Å². The van der Waals surface area contributed by atoms with Gasteiger partial charge in [0.2, 0.25) is 4.96 Å². The Kier molecular flexibility index (Phi) is 4.96. The van der Waals surface area contributed by atoms with E-state index < -0.39 is 0 Å². The molecule has 6 heteroatoms. The smallest absolute Gasteiger partial charge is 0.291 e. The Bertz CT molecular complexity index is 1200. The number of thiazole rings is 1. The van der Waals surface area contributed by atoms with E-state index in [1.54, 1.807) is 0 Å². The lowest BCUT2D eigenvalue weighted by atomic mass is 10.1. The molecule has 5 nitrogen and oxygen atoms in total. The van der Waals surface area contributed by atoms with Crippen molar-refractivity contribution in [3.63, 3.8) is 0 Å². The number of anilines is 1. The highest BCUT2D eigenvalue weighted by atomic mass is 32.1. The quantitative estimate of drug-likeness (QED) is 0.523. The molecule has 28 heavy (non-hydrogen) atoms. The number of fused-ring (bicyclic) bond motifs is 1. The molecule has 2 aromatic heterocycles. The number of benzene rings is 2. The van der Waals surface area contributed by atoms with Crippen molar-refractivity contribution in [3.8, 4) is 11.4 Å². The summed E-state index contributed by atoms with van der Waals surface area (Å²) in [5.74, 6) is 0.582. The lowest BCUT2D eigenvalue weighted by Crippen LogP contribution is -2.23. The zero-order valence-corrected chi connectivity index (χ0v) is 17.0. The summed E-state index contributed by atoms with van der Waals surface area (Å²) in [6, 6.07) is 16.3. The number of hydrogen-bond acceptors (Lipinski definition) is 5. The Morgan fingerprint density at radius 2 is 1.71 bits per heavy atom. The van der Waals surface area contributed by atoms with Crippen LogP contribution in [-0.4, -0.2) is 27.7 Å². The normalized spacial score (nSPS) is 12.0. The Morgan fingerprint density at radius 3 is 2.32 bits per heavy atom. The van der Waals surface area contributed by atoms with Gasteiger partial charge in [-0.3, -0.25) is 4.79 Å². The summed E-state index contributed by atoms with van der Waals surface area (Å²) in [4.78, 5) is 20.2. The maximum atomic E-state index is 12.7. The van der Waals surface area contributed by atoms with Gasteiger partial charge in [-0.1, -0.05) is 53.3 Å². The van der Waals surface area contributed by atoms with Crippen molar-refractivity contribution in [1.29, 1.82) is 0 Å². The third-order valence-electron chi connectivity index (χ3n) is 4.81. The van der Waals surface area contributed by atoms with Gasteiger partial charge in [0.05, 0.1) is 4.53 Å². The van der Waals surface area contributed by atoms with Crippen molar-refractivity contribution in [2.24, 2.45) is 0 Å². The fourth-order valence-corrected chi connectivity index (χ4v) is 4.09. The highest BCUT2D eigenvalue weighted by Crippen LogP contribution is 2.18. The minimum Gasteiger partial charge on any atom is -0.372 e. The maximum Gasteiger partial charge on any atom is 0.291 e. The van der Waals surface area contributed by atoms with Gasteiger partial charge in [0, 0.05) is 24.3 Å². The van der Waals surface area contributed by atoms with Gasteiger partial charge < -0.3 is 4.90 Å². The van der Waals surface area contributed by atoms with Crippen LogP contribution in [0.5, 0.6) is 0 Å². The molecule has 142 valence electrons. The van der Waals surface area contributed by atoms with Crippen molar-refractivity contribution in [1.82, 2.24) is 14.6 Å². The van der Waals surface area contributed by atoms with E-state index in [9.17, 15) is 4.79 Å². The average molecular weight is 391 g/mol. The molecular weight excluding hydrogens is 368 g/mol. The first-order valence-electron chi connectivity index (χ1n) is 9.42. The van der Waals surface area contributed by atoms with E-state index in [2.05, 4.69) is 41.0 Å². The van der Waals surface area contributed by atoms with Crippen LogP contribution in [0.4, 0.5) is 5.69 Å². The molecule has 0 saturated carbocycles. The molecule has 0 N–H and O–H groups in total. The highest BCUT2D eigenvalue weighted by molar-refractivity contribution is 7.15. The minimum atomic E-state index is -0.126. The molecule has 0 aliphatic carbocycles. The molecule has 4 aromatic rings. The van der Waals surface area contributed by atoms with Gasteiger partial charge in [-0.05, 0) is 44.5 Å². The molecule has 0 amide bonds. The van der Waals surface area contributed by atoms with Crippen molar-refractivity contribution in [2.75, 3.05) is 18.0 Å². The van der Waals surface area contributed by atoms with Crippen LogP contribution in [0.15, 0.2) is 53.3 Å². The van der Waals surface area contributed by atoms with Crippen LogP contribution < -0.4 is 15.0 Å². The third kappa shape index (κ3) is 3.43. The monoisotopic (exact) mass is 390 g/mol. The Labute approximate surface area is 167 Å². The summed E-state index contributed by atoms with van der Waals surface area (Å²) in [7, 11) is 0.